The van der Waals surface area contributed by atoms with Crippen LogP contribution >= 0.6 is 11.6 Å². The van der Waals surface area contributed by atoms with E-state index in [-0.39, 0.29) is 24.1 Å². The quantitative estimate of drug-likeness (QED) is 0.614. The molecule has 0 aliphatic carbocycles. The maximum Gasteiger partial charge on any atom is 0.340 e. The SMILES string of the molecule is C[C@H](NC(=O)COC(=O)c1ccc(Cl)cc1N)c1ccc2c(c1)OCO2. The Hall–Kier alpha value is -2.93. The van der Waals surface area contributed by atoms with Gasteiger partial charge in [0.2, 0.25) is 6.79 Å². The van der Waals surface area contributed by atoms with Crippen LogP contribution in [-0.2, 0) is 9.53 Å². The Morgan fingerprint density at radius 1 is 1.23 bits per heavy atom. The highest BCUT2D eigenvalue weighted by Crippen LogP contribution is 2.34. The first-order chi connectivity index (χ1) is 12.4. The minimum absolute atomic E-state index is 0.158. The first-order valence-corrected chi connectivity index (χ1v) is 8.23. The molecule has 0 spiro atoms. The first-order valence-electron chi connectivity index (χ1n) is 7.85. The van der Waals surface area contributed by atoms with E-state index in [1.807, 2.05) is 13.0 Å². The van der Waals surface area contributed by atoms with Crippen molar-refractivity contribution in [3.05, 3.63) is 52.5 Å². The van der Waals surface area contributed by atoms with Gasteiger partial charge in [0.15, 0.2) is 18.1 Å². The van der Waals surface area contributed by atoms with E-state index in [4.69, 9.17) is 31.5 Å². The van der Waals surface area contributed by atoms with Gasteiger partial charge in [0.05, 0.1) is 11.6 Å². The summed E-state index contributed by atoms with van der Waals surface area (Å²) >= 11 is 5.79. The van der Waals surface area contributed by atoms with Gasteiger partial charge in [-0.1, -0.05) is 17.7 Å². The summed E-state index contributed by atoms with van der Waals surface area (Å²) < 4.78 is 15.6. The summed E-state index contributed by atoms with van der Waals surface area (Å²) in [6.45, 7) is 1.58. The zero-order chi connectivity index (χ0) is 18.7. The maximum atomic E-state index is 12.0. The Balaban J connectivity index is 1.54. The number of nitrogen functional groups attached to an aromatic ring is 1. The number of benzene rings is 2. The molecule has 0 saturated heterocycles. The van der Waals surface area contributed by atoms with Gasteiger partial charge in [0, 0.05) is 10.7 Å². The predicted octanol–water partition coefficient (Wildman–Crippen LogP) is 2.69. The topological polar surface area (TPSA) is 99.9 Å². The standard InChI is InChI=1S/C18H17ClN2O5/c1-10(11-2-5-15-16(6-11)26-9-25-15)21-17(22)8-24-18(23)13-4-3-12(19)7-14(13)20/h2-7,10H,8-9,20H2,1H3,(H,21,22)/t10-/m0/s1. The van der Waals surface area contributed by atoms with Crippen molar-refractivity contribution in [2.24, 2.45) is 0 Å². The highest BCUT2D eigenvalue weighted by Gasteiger charge is 2.18. The fraction of sp³-hybridized carbons (Fsp3) is 0.222. The second-order valence-corrected chi connectivity index (χ2v) is 6.15. The lowest BCUT2D eigenvalue weighted by Gasteiger charge is -2.15. The van der Waals surface area contributed by atoms with Crippen molar-refractivity contribution in [2.45, 2.75) is 13.0 Å². The molecule has 3 N–H and O–H groups in total. The zero-order valence-electron chi connectivity index (χ0n) is 14.0. The van der Waals surface area contributed by atoms with Crippen molar-refractivity contribution >= 4 is 29.2 Å². The lowest BCUT2D eigenvalue weighted by molar-refractivity contribution is -0.124. The molecule has 1 amide bonds. The number of carbonyl (C=O) groups is 2. The highest BCUT2D eigenvalue weighted by atomic mass is 35.5. The summed E-state index contributed by atoms with van der Waals surface area (Å²) in [5.41, 5.74) is 6.92. The van der Waals surface area contributed by atoms with Crippen LogP contribution in [0.5, 0.6) is 11.5 Å². The molecule has 0 aromatic heterocycles. The molecule has 2 aromatic rings. The minimum atomic E-state index is -0.690. The number of hydrogen-bond donors (Lipinski definition) is 2. The van der Waals surface area contributed by atoms with E-state index in [1.54, 1.807) is 12.1 Å². The van der Waals surface area contributed by atoms with Crippen LogP contribution in [0.1, 0.15) is 28.9 Å². The molecule has 1 atom stereocenters. The number of rotatable bonds is 5. The van der Waals surface area contributed by atoms with Gasteiger partial charge in [-0.25, -0.2) is 4.79 Å². The lowest BCUT2D eigenvalue weighted by Crippen LogP contribution is -2.31. The number of hydrogen-bond acceptors (Lipinski definition) is 6. The van der Waals surface area contributed by atoms with Crippen molar-refractivity contribution in [1.82, 2.24) is 5.32 Å². The molecule has 1 aliphatic heterocycles. The smallest absolute Gasteiger partial charge is 0.340 e. The maximum absolute atomic E-state index is 12.0. The fourth-order valence-electron chi connectivity index (χ4n) is 2.48. The normalized spacial score (nSPS) is 13.2. The zero-order valence-corrected chi connectivity index (χ0v) is 14.7. The third kappa shape index (κ3) is 4.00. The molecule has 0 fully saturated rings. The number of nitrogens with one attached hydrogen (secondary N) is 1. The van der Waals surface area contributed by atoms with E-state index in [2.05, 4.69) is 5.32 Å². The lowest BCUT2D eigenvalue weighted by atomic mass is 10.1. The number of anilines is 1. The van der Waals surface area contributed by atoms with Gasteiger partial charge < -0.3 is 25.3 Å². The molecule has 0 unspecified atom stereocenters. The van der Waals surface area contributed by atoms with Crippen LogP contribution in [0.3, 0.4) is 0 Å². The molecule has 0 bridgehead atoms. The molecule has 0 saturated carbocycles. The van der Waals surface area contributed by atoms with E-state index in [0.717, 1.165) is 5.56 Å². The van der Waals surface area contributed by atoms with Gasteiger partial charge >= 0.3 is 5.97 Å². The van der Waals surface area contributed by atoms with E-state index < -0.39 is 18.5 Å². The molecular formula is C18H17ClN2O5. The van der Waals surface area contributed by atoms with Crippen LogP contribution in [0, 0.1) is 0 Å². The van der Waals surface area contributed by atoms with Gasteiger partial charge in [-0.15, -0.1) is 0 Å². The van der Waals surface area contributed by atoms with Gasteiger partial charge in [0.1, 0.15) is 0 Å². The molecular weight excluding hydrogens is 360 g/mol. The first kappa shape index (κ1) is 17.9. The number of nitrogens with two attached hydrogens (primary N) is 1. The Morgan fingerprint density at radius 2 is 2.00 bits per heavy atom. The van der Waals surface area contributed by atoms with E-state index >= 15 is 0 Å². The minimum Gasteiger partial charge on any atom is -0.454 e. The molecule has 0 radical (unpaired) electrons. The molecule has 8 heteroatoms. The number of halogens is 1. The number of amides is 1. The van der Waals surface area contributed by atoms with Crippen molar-refractivity contribution in [3.63, 3.8) is 0 Å². The number of esters is 1. The fourth-order valence-corrected chi connectivity index (χ4v) is 2.66. The summed E-state index contributed by atoms with van der Waals surface area (Å²) in [5, 5.41) is 3.16. The number of carbonyl (C=O) groups excluding carboxylic acids is 2. The Labute approximate surface area is 155 Å². The van der Waals surface area contributed by atoms with Crippen molar-refractivity contribution < 1.29 is 23.8 Å². The van der Waals surface area contributed by atoms with E-state index in [1.165, 1.54) is 18.2 Å². The van der Waals surface area contributed by atoms with Crippen molar-refractivity contribution in [1.29, 1.82) is 0 Å². The van der Waals surface area contributed by atoms with E-state index in [9.17, 15) is 9.59 Å². The molecule has 1 heterocycles. The second-order valence-electron chi connectivity index (χ2n) is 5.71. The van der Waals surface area contributed by atoms with Crippen LogP contribution in [0.15, 0.2) is 36.4 Å². The largest absolute Gasteiger partial charge is 0.454 e. The molecule has 7 nitrogen and oxygen atoms in total. The summed E-state index contributed by atoms with van der Waals surface area (Å²) in [4.78, 5) is 24.0. The Kier molecular flexibility index (Phi) is 5.18. The Morgan fingerprint density at radius 3 is 2.77 bits per heavy atom. The molecule has 3 rings (SSSR count). The summed E-state index contributed by atoms with van der Waals surface area (Å²) in [6.07, 6.45) is 0. The van der Waals surface area contributed by atoms with Crippen LogP contribution in [0.2, 0.25) is 5.02 Å². The van der Waals surface area contributed by atoms with Gasteiger partial charge in [-0.05, 0) is 42.8 Å². The van der Waals surface area contributed by atoms with Crippen molar-refractivity contribution in [3.8, 4) is 11.5 Å². The monoisotopic (exact) mass is 376 g/mol. The number of ether oxygens (including phenoxy) is 3. The average Bonchev–Trinajstić information content (AvgIpc) is 3.07. The Bertz CT molecular complexity index is 855. The van der Waals surface area contributed by atoms with Gasteiger partial charge in [0.25, 0.3) is 5.91 Å². The van der Waals surface area contributed by atoms with Crippen LogP contribution in [0.25, 0.3) is 0 Å². The summed E-state index contributed by atoms with van der Waals surface area (Å²) in [5.74, 6) is 0.177. The van der Waals surface area contributed by atoms with Crippen LogP contribution in [-0.4, -0.2) is 25.3 Å². The van der Waals surface area contributed by atoms with Crippen LogP contribution < -0.4 is 20.5 Å². The van der Waals surface area contributed by atoms with Crippen LogP contribution in [0.4, 0.5) is 5.69 Å². The average molecular weight is 377 g/mol. The molecule has 136 valence electrons. The molecule has 2 aromatic carbocycles. The van der Waals surface area contributed by atoms with Crippen molar-refractivity contribution in [2.75, 3.05) is 19.1 Å². The highest BCUT2D eigenvalue weighted by molar-refractivity contribution is 6.31. The molecule has 26 heavy (non-hydrogen) atoms. The third-order valence-electron chi connectivity index (χ3n) is 3.84. The van der Waals surface area contributed by atoms with Gasteiger partial charge in [-0.2, -0.15) is 0 Å². The summed E-state index contributed by atoms with van der Waals surface area (Å²) in [6, 6.07) is 9.54. The summed E-state index contributed by atoms with van der Waals surface area (Å²) in [7, 11) is 0. The van der Waals surface area contributed by atoms with Gasteiger partial charge in [-0.3, -0.25) is 4.79 Å². The molecule has 1 aliphatic rings. The number of fused-ring (bicyclic) bond motifs is 1. The van der Waals surface area contributed by atoms with E-state index in [0.29, 0.717) is 16.5 Å². The predicted molar refractivity (Wildman–Crippen MR) is 95.3 cm³/mol. The third-order valence-corrected chi connectivity index (χ3v) is 4.08. The second kappa shape index (κ2) is 7.53.